The molecule has 5 heteroatoms. The van der Waals surface area contributed by atoms with Crippen molar-refractivity contribution in [3.8, 4) is 11.5 Å². The number of aryl methyl sites for hydroxylation is 1. The Morgan fingerprint density at radius 2 is 1.36 bits per heavy atom. The number of anilines is 1. The first-order valence-corrected chi connectivity index (χ1v) is 8.02. The molecule has 0 saturated heterocycles. The molecule has 0 aliphatic carbocycles. The Bertz CT molecular complexity index is 787. The van der Waals surface area contributed by atoms with Crippen LogP contribution in [0, 0.1) is 6.92 Å². The number of methoxy groups -OCH3 is 2. The highest BCUT2D eigenvalue weighted by molar-refractivity contribution is 5.45. The van der Waals surface area contributed by atoms with Crippen molar-refractivity contribution in [2.75, 3.05) is 19.5 Å². The van der Waals surface area contributed by atoms with Gasteiger partial charge in [-0.1, -0.05) is 24.3 Å². The van der Waals surface area contributed by atoms with Crippen LogP contribution in [0.3, 0.4) is 0 Å². The van der Waals surface area contributed by atoms with Crippen LogP contribution in [0.2, 0.25) is 0 Å². The van der Waals surface area contributed by atoms with Gasteiger partial charge in [0, 0.05) is 12.4 Å². The normalized spacial score (nSPS) is 10.6. The molecule has 128 valence electrons. The van der Waals surface area contributed by atoms with Crippen molar-refractivity contribution in [3.63, 3.8) is 0 Å². The fourth-order valence-corrected chi connectivity index (χ4v) is 2.60. The summed E-state index contributed by atoms with van der Waals surface area (Å²) in [6, 6.07) is 15.8. The smallest absolute Gasteiger partial charge is 0.223 e. The van der Waals surface area contributed by atoms with Crippen LogP contribution in [0.15, 0.2) is 60.9 Å². The van der Waals surface area contributed by atoms with E-state index in [1.165, 1.54) is 0 Å². The largest absolute Gasteiger partial charge is 0.497 e. The van der Waals surface area contributed by atoms with Crippen molar-refractivity contribution in [2.24, 2.45) is 0 Å². The molecule has 0 saturated carbocycles. The molecular weight excluding hydrogens is 314 g/mol. The summed E-state index contributed by atoms with van der Waals surface area (Å²) in [4.78, 5) is 8.74. The zero-order valence-electron chi connectivity index (χ0n) is 14.6. The Labute approximate surface area is 147 Å². The van der Waals surface area contributed by atoms with Crippen LogP contribution in [0.5, 0.6) is 11.5 Å². The van der Waals surface area contributed by atoms with E-state index in [9.17, 15) is 0 Å². The minimum Gasteiger partial charge on any atom is -0.497 e. The van der Waals surface area contributed by atoms with E-state index in [0.717, 1.165) is 28.2 Å². The van der Waals surface area contributed by atoms with Crippen molar-refractivity contribution in [1.29, 1.82) is 0 Å². The molecule has 0 bridgehead atoms. The number of aromatic nitrogens is 2. The van der Waals surface area contributed by atoms with Gasteiger partial charge in [-0.3, -0.25) is 0 Å². The van der Waals surface area contributed by atoms with Gasteiger partial charge < -0.3 is 14.8 Å². The maximum atomic E-state index is 5.37. The third-order valence-electron chi connectivity index (χ3n) is 3.91. The molecule has 0 aliphatic rings. The first-order valence-electron chi connectivity index (χ1n) is 8.02. The van der Waals surface area contributed by atoms with E-state index in [2.05, 4.69) is 15.3 Å². The molecule has 0 amide bonds. The standard InChI is InChI=1S/C20H21N3O2/c1-14-12-21-20(22-13-14)23-19(15-6-4-8-17(10-15)24-2)16-7-5-9-18(11-16)25-3/h4-13,19H,1-3H3,(H,21,22,23). The van der Waals surface area contributed by atoms with Crippen molar-refractivity contribution in [3.05, 3.63) is 77.6 Å². The maximum absolute atomic E-state index is 5.37. The first-order chi connectivity index (χ1) is 12.2. The second-order valence-corrected chi connectivity index (χ2v) is 5.71. The Balaban J connectivity index is 2.01. The molecule has 0 unspecified atom stereocenters. The van der Waals surface area contributed by atoms with Gasteiger partial charge in [0.2, 0.25) is 5.95 Å². The number of ether oxygens (including phenoxy) is 2. The predicted octanol–water partition coefficient (Wildman–Crippen LogP) is 4.00. The number of benzene rings is 2. The Morgan fingerprint density at radius 1 is 0.840 bits per heavy atom. The average Bonchev–Trinajstić information content (AvgIpc) is 2.67. The Kier molecular flexibility index (Phi) is 5.14. The summed E-state index contributed by atoms with van der Waals surface area (Å²) >= 11 is 0. The molecular formula is C20H21N3O2. The summed E-state index contributed by atoms with van der Waals surface area (Å²) in [5, 5.41) is 3.41. The molecule has 0 radical (unpaired) electrons. The third kappa shape index (κ3) is 4.07. The maximum Gasteiger partial charge on any atom is 0.223 e. The third-order valence-corrected chi connectivity index (χ3v) is 3.91. The number of nitrogens with zero attached hydrogens (tertiary/aromatic N) is 2. The average molecular weight is 335 g/mol. The summed E-state index contributed by atoms with van der Waals surface area (Å²) in [7, 11) is 3.33. The number of nitrogens with one attached hydrogen (secondary N) is 1. The number of hydrogen-bond acceptors (Lipinski definition) is 5. The summed E-state index contributed by atoms with van der Waals surface area (Å²) in [6.07, 6.45) is 3.59. The molecule has 3 aromatic rings. The first kappa shape index (κ1) is 16.8. The van der Waals surface area contributed by atoms with Gasteiger partial charge in [-0.25, -0.2) is 9.97 Å². The quantitative estimate of drug-likeness (QED) is 0.738. The van der Waals surface area contributed by atoms with E-state index in [1.807, 2.05) is 55.5 Å². The zero-order valence-corrected chi connectivity index (χ0v) is 14.6. The number of rotatable bonds is 6. The van der Waals surface area contributed by atoms with Crippen LogP contribution in [0.1, 0.15) is 22.7 Å². The SMILES string of the molecule is COc1cccc(C(Nc2ncc(C)cn2)c2cccc(OC)c2)c1. The summed E-state index contributed by atoms with van der Waals surface area (Å²) in [6.45, 7) is 1.96. The van der Waals surface area contributed by atoms with Crippen molar-refractivity contribution >= 4 is 5.95 Å². The topological polar surface area (TPSA) is 56.3 Å². The minimum absolute atomic E-state index is 0.132. The molecule has 1 N–H and O–H groups in total. The highest BCUT2D eigenvalue weighted by atomic mass is 16.5. The van der Waals surface area contributed by atoms with Crippen LogP contribution in [-0.2, 0) is 0 Å². The van der Waals surface area contributed by atoms with E-state index >= 15 is 0 Å². The molecule has 2 aromatic carbocycles. The van der Waals surface area contributed by atoms with Crippen molar-refractivity contribution < 1.29 is 9.47 Å². The molecule has 0 fully saturated rings. The molecule has 0 aliphatic heterocycles. The summed E-state index contributed by atoms with van der Waals surface area (Å²) in [5.41, 5.74) is 3.12. The van der Waals surface area contributed by atoms with E-state index in [1.54, 1.807) is 26.6 Å². The second-order valence-electron chi connectivity index (χ2n) is 5.71. The van der Waals surface area contributed by atoms with Gasteiger partial charge in [0.15, 0.2) is 0 Å². The Morgan fingerprint density at radius 3 is 1.84 bits per heavy atom. The lowest BCUT2D eigenvalue weighted by molar-refractivity contribution is 0.413. The molecule has 5 nitrogen and oxygen atoms in total. The van der Waals surface area contributed by atoms with Gasteiger partial charge in [0.1, 0.15) is 11.5 Å². The fourth-order valence-electron chi connectivity index (χ4n) is 2.60. The Hall–Kier alpha value is -3.08. The summed E-state index contributed by atoms with van der Waals surface area (Å²) < 4.78 is 10.7. The lowest BCUT2D eigenvalue weighted by Crippen LogP contribution is -2.14. The van der Waals surface area contributed by atoms with Gasteiger partial charge in [-0.05, 0) is 47.9 Å². The molecule has 3 rings (SSSR count). The highest BCUT2D eigenvalue weighted by Gasteiger charge is 2.17. The van der Waals surface area contributed by atoms with E-state index < -0.39 is 0 Å². The monoisotopic (exact) mass is 335 g/mol. The molecule has 1 heterocycles. The van der Waals surface area contributed by atoms with Gasteiger partial charge in [-0.2, -0.15) is 0 Å². The van der Waals surface area contributed by atoms with Crippen LogP contribution < -0.4 is 14.8 Å². The van der Waals surface area contributed by atoms with E-state index in [0.29, 0.717) is 5.95 Å². The predicted molar refractivity (Wildman–Crippen MR) is 98.2 cm³/mol. The van der Waals surface area contributed by atoms with Gasteiger partial charge >= 0.3 is 0 Å². The highest BCUT2D eigenvalue weighted by Crippen LogP contribution is 2.29. The lowest BCUT2D eigenvalue weighted by atomic mass is 9.98. The van der Waals surface area contributed by atoms with Crippen molar-refractivity contribution in [1.82, 2.24) is 9.97 Å². The lowest BCUT2D eigenvalue weighted by Gasteiger charge is -2.21. The van der Waals surface area contributed by atoms with Gasteiger partial charge in [-0.15, -0.1) is 0 Å². The zero-order chi connectivity index (χ0) is 17.6. The van der Waals surface area contributed by atoms with E-state index in [-0.39, 0.29) is 6.04 Å². The second kappa shape index (κ2) is 7.66. The molecule has 0 atom stereocenters. The van der Waals surface area contributed by atoms with Crippen molar-refractivity contribution in [2.45, 2.75) is 13.0 Å². The van der Waals surface area contributed by atoms with Gasteiger partial charge in [0.25, 0.3) is 0 Å². The van der Waals surface area contributed by atoms with Crippen LogP contribution in [0.4, 0.5) is 5.95 Å². The molecule has 0 spiro atoms. The fraction of sp³-hybridized carbons (Fsp3) is 0.200. The van der Waals surface area contributed by atoms with Crippen LogP contribution in [-0.4, -0.2) is 24.2 Å². The van der Waals surface area contributed by atoms with Crippen LogP contribution >= 0.6 is 0 Å². The molecule has 25 heavy (non-hydrogen) atoms. The molecule has 1 aromatic heterocycles. The van der Waals surface area contributed by atoms with Gasteiger partial charge in [0.05, 0.1) is 20.3 Å². The minimum atomic E-state index is -0.132. The summed E-state index contributed by atoms with van der Waals surface area (Å²) in [5.74, 6) is 2.18. The number of hydrogen-bond donors (Lipinski definition) is 1. The van der Waals surface area contributed by atoms with E-state index in [4.69, 9.17) is 9.47 Å². The van der Waals surface area contributed by atoms with Crippen LogP contribution in [0.25, 0.3) is 0 Å².